The van der Waals surface area contributed by atoms with Gasteiger partial charge in [0.1, 0.15) is 12.2 Å². The lowest BCUT2D eigenvalue weighted by atomic mass is 10.00. The van der Waals surface area contributed by atoms with Crippen LogP contribution in [-0.2, 0) is 16.1 Å². The predicted molar refractivity (Wildman–Crippen MR) is 122 cm³/mol. The molecule has 1 aliphatic heterocycles. The Labute approximate surface area is 191 Å². The third kappa shape index (κ3) is 3.56. The SMILES string of the molecule is CC(=O)c1nn(CC(=O)N2[C@@H]3C[C@@H]3C[C@H]2C(=O)C[C@@H]2C[C@H]2c2ccccc2)c2cnccc12. The Balaban J connectivity index is 1.18. The number of fused-ring (bicyclic) bond motifs is 2. The molecule has 3 fully saturated rings. The molecule has 0 spiro atoms. The van der Waals surface area contributed by atoms with Crippen molar-refractivity contribution in [1.82, 2.24) is 19.7 Å². The second kappa shape index (κ2) is 7.61. The van der Waals surface area contributed by atoms with Crippen LogP contribution in [0.5, 0.6) is 0 Å². The molecule has 3 aliphatic rings. The van der Waals surface area contributed by atoms with Crippen LogP contribution in [0.1, 0.15) is 54.6 Å². The molecule has 0 radical (unpaired) electrons. The van der Waals surface area contributed by atoms with Gasteiger partial charge >= 0.3 is 0 Å². The van der Waals surface area contributed by atoms with Crippen molar-refractivity contribution in [2.45, 2.75) is 57.2 Å². The number of likely N-dealkylation sites (tertiary alicyclic amines) is 1. The summed E-state index contributed by atoms with van der Waals surface area (Å²) in [4.78, 5) is 44.6. The smallest absolute Gasteiger partial charge is 0.245 e. The molecule has 1 aromatic carbocycles. The van der Waals surface area contributed by atoms with Crippen molar-refractivity contribution in [1.29, 1.82) is 0 Å². The number of rotatable bonds is 7. The van der Waals surface area contributed by atoms with E-state index in [1.54, 1.807) is 23.1 Å². The van der Waals surface area contributed by atoms with Gasteiger partial charge in [-0.15, -0.1) is 0 Å². The molecule has 3 heterocycles. The van der Waals surface area contributed by atoms with Gasteiger partial charge in [0.15, 0.2) is 11.6 Å². The van der Waals surface area contributed by atoms with Gasteiger partial charge in [-0.1, -0.05) is 30.3 Å². The van der Waals surface area contributed by atoms with E-state index in [2.05, 4.69) is 22.2 Å². The second-order valence-electron chi connectivity index (χ2n) is 9.75. The third-order valence-corrected chi connectivity index (χ3v) is 7.55. The summed E-state index contributed by atoms with van der Waals surface area (Å²) >= 11 is 0. The first-order chi connectivity index (χ1) is 16.0. The van der Waals surface area contributed by atoms with Crippen LogP contribution < -0.4 is 0 Å². The van der Waals surface area contributed by atoms with E-state index in [9.17, 15) is 14.4 Å². The van der Waals surface area contributed by atoms with Gasteiger partial charge in [0.05, 0.1) is 17.8 Å². The first-order valence-electron chi connectivity index (χ1n) is 11.7. The zero-order valence-electron chi connectivity index (χ0n) is 18.6. The number of carbonyl (C=O) groups is 3. The van der Waals surface area contributed by atoms with Crippen LogP contribution in [0.25, 0.3) is 10.9 Å². The standard InChI is InChI=1S/C26H26N4O3/c1-15(31)26-19-7-8-27-13-23(19)29(28-26)14-25(33)30-21-10-18(21)11-22(30)24(32)12-17-9-20(17)16-5-3-2-4-6-16/h2-8,13,17-18,20-22H,9-12,14H2,1H3/t17-,18+,20-,21+,22-/m0/s1. The molecule has 7 nitrogen and oxygen atoms in total. The first kappa shape index (κ1) is 20.3. The highest BCUT2D eigenvalue weighted by Gasteiger charge is 2.56. The number of aromatic nitrogens is 3. The van der Waals surface area contributed by atoms with Gasteiger partial charge in [0.25, 0.3) is 0 Å². The van der Waals surface area contributed by atoms with Crippen LogP contribution in [-0.4, -0.2) is 49.2 Å². The van der Waals surface area contributed by atoms with Crippen LogP contribution >= 0.6 is 0 Å². The Morgan fingerprint density at radius 1 is 1.06 bits per heavy atom. The Morgan fingerprint density at radius 3 is 2.67 bits per heavy atom. The minimum Gasteiger partial charge on any atom is -0.328 e. The molecule has 2 saturated carbocycles. The van der Waals surface area contributed by atoms with Crippen LogP contribution in [0.4, 0.5) is 0 Å². The third-order valence-electron chi connectivity index (χ3n) is 7.55. The predicted octanol–water partition coefficient (Wildman–Crippen LogP) is 3.39. The van der Waals surface area contributed by atoms with Crippen molar-refractivity contribution in [3.8, 4) is 0 Å². The highest BCUT2D eigenvalue weighted by Crippen LogP contribution is 2.52. The highest BCUT2D eigenvalue weighted by molar-refractivity contribution is 6.04. The van der Waals surface area contributed by atoms with Crippen molar-refractivity contribution in [2.75, 3.05) is 0 Å². The van der Waals surface area contributed by atoms with Crippen LogP contribution in [0.15, 0.2) is 48.8 Å². The summed E-state index contributed by atoms with van der Waals surface area (Å²) in [5.74, 6) is 1.23. The van der Waals surface area contributed by atoms with Gasteiger partial charge in [-0.25, -0.2) is 0 Å². The zero-order chi connectivity index (χ0) is 22.7. The lowest BCUT2D eigenvalue weighted by Crippen LogP contribution is -2.44. The van der Waals surface area contributed by atoms with Crippen LogP contribution in [0, 0.1) is 11.8 Å². The number of Topliss-reactive ketones (excluding diaryl/α,β-unsaturated/α-hetero) is 2. The van der Waals surface area contributed by atoms with E-state index in [-0.39, 0.29) is 36.1 Å². The number of ketones is 2. The van der Waals surface area contributed by atoms with E-state index in [1.165, 1.54) is 12.5 Å². The maximum absolute atomic E-state index is 13.4. The lowest BCUT2D eigenvalue weighted by molar-refractivity contribution is -0.139. The number of nitrogens with zero attached hydrogens (tertiary/aromatic N) is 4. The molecule has 1 saturated heterocycles. The second-order valence-corrected chi connectivity index (χ2v) is 9.75. The molecule has 2 aromatic heterocycles. The van der Waals surface area contributed by atoms with Gasteiger partial charge in [-0.3, -0.25) is 24.0 Å². The fourth-order valence-electron chi connectivity index (χ4n) is 5.69. The summed E-state index contributed by atoms with van der Waals surface area (Å²) in [5.41, 5.74) is 2.31. The molecular formula is C26H26N4O3. The number of hydrogen-bond acceptors (Lipinski definition) is 5. The number of pyridine rings is 1. The summed E-state index contributed by atoms with van der Waals surface area (Å²) in [6.45, 7) is 1.48. The number of amides is 1. The van der Waals surface area contributed by atoms with Crippen molar-refractivity contribution in [2.24, 2.45) is 11.8 Å². The Bertz CT molecular complexity index is 1270. The van der Waals surface area contributed by atoms with E-state index >= 15 is 0 Å². The average Bonchev–Trinajstić information content (AvgIpc) is 3.70. The summed E-state index contributed by atoms with van der Waals surface area (Å²) in [6.07, 6.45) is 6.59. The normalized spacial score (nSPS) is 27.4. The maximum atomic E-state index is 13.4. The zero-order valence-corrected chi connectivity index (χ0v) is 18.6. The molecule has 0 unspecified atom stereocenters. The molecule has 3 aromatic rings. The quantitative estimate of drug-likeness (QED) is 0.524. The van der Waals surface area contributed by atoms with Gasteiger partial charge < -0.3 is 4.90 Å². The van der Waals surface area contributed by atoms with Crippen molar-refractivity contribution < 1.29 is 14.4 Å². The molecule has 7 heteroatoms. The van der Waals surface area contributed by atoms with E-state index in [0.717, 1.165) is 19.3 Å². The highest BCUT2D eigenvalue weighted by atomic mass is 16.2. The number of benzene rings is 1. The molecular weight excluding hydrogens is 416 g/mol. The molecule has 0 bridgehead atoms. The summed E-state index contributed by atoms with van der Waals surface area (Å²) in [6, 6.07) is 12.0. The van der Waals surface area contributed by atoms with Gasteiger partial charge in [0, 0.05) is 31.0 Å². The van der Waals surface area contributed by atoms with E-state index in [1.807, 2.05) is 23.1 Å². The van der Waals surface area contributed by atoms with Crippen molar-refractivity contribution >= 4 is 28.4 Å². The Kier molecular flexibility index (Phi) is 4.67. The topological polar surface area (TPSA) is 85.2 Å². The first-order valence-corrected chi connectivity index (χ1v) is 11.7. The summed E-state index contributed by atoms with van der Waals surface area (Å²) < 4.78 is 1.56. The molecule has 168 valence electrons. The minimum atomic E-state index is -0.328. The van der Waals surface area contributed by atoms with Crippen LogP contribution in [0.3, 0.4) is 0 Å². The maximum Gasteiger partial charge on any atom is 0.245 e. The van der Waals surface area contributed by atoms with Gasteiger partial charge in [-0.2, -0.15) is 5.10 Å². The van der Waals surface area contributed by atoms with E-state index in [4.69, 9.17) is 0 Å². The molecule has 1 amide bonds. The van der Waals surface area contributed by atoms with Gasteiger partial charge in [-0.05, 0) is 48.6 Å². The van der Waals surface area contributed by atoms with E-state index in [0.29, 0.717) is 40.8 Å². The largest absolute Gasteiger partial charge is 0.328 e. The van der Waals surface area contributed by atoms with E-state index < -0.39 is 0 Å². The number of carbonyl (C=O) groups excluding carboxylic acids is 3. The van der Waals surface area contributed by atoms with Crippen molar-refractivity contribution in [3.63, 3.8) is 0 Å². The lowest BCUT2D eigenvalue weighted by Gasteiger charge is -2.27. The average molecular weight is 443 g/mol. The summed E-state index contributed by atoms with van der Waals surface area (Å²) in [5, 5.41) is 5.10. The molecule has 6 rings (SSSR count). The fraction of sp³-hybridized carbons (Fsp3) is 0.423. The minimum absolute atomic E-state index is 0.0124. The van der Waals surface area contributed by atoms with Gasteiger partial charge in [0.2, 0.25) is 5.91 Å². The molecule has 2 aliphatic carbocycles. The number of piperidine rings is 1. The molecule has 33 heavy (non-hydrogen) atoms. The Morgan fingerprint density at radius 2 is 1.88 bits per heavy atom. The molecule has 0 N–H and O–H groups in total. The summed E-state index contributed by atoms with van der Waals surface area (Å²) in [7, 11) is 0. The fourth-order valence-corrected chi connectivity index (χ4v) is 5.69. The molecule has 5 atom stereocenters. The van der Waals surface area contributed by atoms with Crippen molar-refractivity contribution in [3.05, 3.63) is 60.0 Å². The number of hydrogen-bond donors (Lipinski definition) is 0. The monoisotopic (exact) mass is 442 g/mol. The van der Waals surface area contributed by atoms with Crippen LogP contribution in [0.2, 0.25) is 0 Å². The Hall–Kier alpha value is -3.35.